The molecule has 0 aliphatic heterocycles. The van der Waals surface area contributed by atoms with Gasteiger partial charge in [0.25, 0.3) is 5.69 Å². The fraction of sp³-hybridized carbons (Fsp3) is 0.182. The van der Waals surface area contributed by atoms with Gasteiger partial charge in [0.05, 0.1) is 17.4 Å². The van der Waals surface area contributed by atoms with Gasteiger partial charge in [-0.1, -0.05) is 0 Å². The van der Waals surface area contributed by atoms with E-state index < -0.39 is 4.92 Å². The molecule has 0 aliphatic carbocycles. The molecule has 0 saturated carbocycles. The molecular weight excluding hydrogens is 222 g/mol. The van der Waals surface area contributed by atoms with Gasteiger partial charge < -0.3 is 9.73 Å². The number of nitrogens with one attached hydrogen (secondary N) is 1. The van der Waals surface area contributed by atoms with Gasteiger partial charge in [-0.2, -0.15) is 0 Å². The Morgan fingerprint density at radius 2 is 2.41 bits per heavy atom. The smallest absolute Gasteiger partial charge is 0.287 e. The highest BCUT2D eigenvalue weighted by atomic mass is 16.6. The van der Waals surface area contributed by atoms with Crippen LogP contribution in [-0.2, 0) is 6.54 Å². The summed E-state index contributed by atoms with van der Waals surface area (Å²) in [6.07, 6.45) is 4.46. The predicted molar refractivity (Wildman–Crippen MR) is 61.7 cm³/mol. The summed E-state index contributed by atoms with van der Waals surface area (Å²) in [6.45, 7) is 2.35. The molecule has 0 saturated heterocycles. The lowest BCUT2D eigenvalue weighted by Crippen LogP contribution is -2.03. The Hall–Kier alpha value is -2.37. The highest BCUT2D eigenvalue weighted by Gasteiger charge is 2.09. The molecule has 6 nitrogen and oxygen atoms in total. The Kier molecular flexibility index (Phi) is 3.04. The van der Waals surface area contributed by atoms with Crippen molar-refractivity contribution >= 4 is 11.5 Å². The Bertz CT molecular complexity index is 523. The molecule has 6 heteroatoms. The van der Waals surface area contributed by atoms with Gasteiger partial charge >= 0.3 is 0 Å². The summed E-state index contributed by atoms with van der Waals surface area (Å²) in [7, 11) is 0. The van der Waals surface area contributed by atoms with Crippen LogP contribution in [0.3, 0.4) is 0 Å². The van der Waals surface area contributed by atoms with Crippen molar-refractivity contribution in [2.75, 3.05) is 5.32 Å². The maximum atomic E-state index is 10.5. The zero-order valence-electron chi connectivity index (χ0n) is 9.21. The number of hydrogen-bond donors (Lipinski definition) is 1. The van der Waals surface area contributed by atoms with E-state index >= 15 is 0 Å². The molecule has 2 heterocycles. The summed E-state index contributed by atoms with van der Waals surface area (Å²) in [5, 5.41) is 13.6. The van der Waals surface area contributed by atoms with Crippen molar-refractivity contribution in [1.82, 2.24) is 4.98 Å². The summed E-state index contributed by atoms with van der Waals surface area (Å²) in [5.74, 6) is 0.636. The molecule has 2 aromatic heterocycles. The molecule has 2 rings (SSSR count). The van der Waals surface area contributed by atoms with Crippen molar-refractivity contribution in [2.45, 2.75) is 13.5 Å². The first-order valence-electron chi connectivity index (χ1n) is 5.03. The van der Waals surface area contributed by atoms with Gasteiger partial charge in [0.1, 0.15) is 12.0 Å². The number of aryl methyl sites for hydroxylation is 1. The second kappa shape index (κ2) is 4.65. The van der Waals surface area contributed by atoms with E-state index in [4.69, 9.17) is 4.42 Å². The monoisotopic (exact) mass is 233 g/mol. The van der Waals surface area contributed by atoms with Gasteiger partial charge in [0.15, 0.2) is 0 Å². The summed E-state index contributed by atoms with van der Waals surface area (Å²) >= 11 is 0. The minimum absolute atomic E-state index is 0.00337. The van der Waals surface area contributed by atoms with Crippen molar-refractivity contribution in [3.05, 3.63) is 52.1 Å². The minimum Gasteiger partial charge on any atom is -0.472 e. The first kappa shape index (κ1) is 11.1. The molecule has 88 valence electrons. The van der Waals surface area contributed by atoms with E-state index in [1.165, 1.54) is 12.3 Å². The molecule has 0 spiro atoms. The lowest BCUT2D eigenvalue weighted by Gasteiger charge is -2.06. The van der Waals surface area contributed by atoms with Crippen LogP contribution in [0.4, 0.5) is 11.5 Å². The Labute approximate surface area is 97.4 Å². The van der Waals surface area contributed by atoms with Crippen LogP contribution in [0.25, 0.3) is 0 Å². The second-order valence-corrected chi connectivity index (χ2v) is 3.60. The van der Waals surface area contributed by atoms with Crippen LogP contribution < -0.4 is 5.32 Å². The molecule has 0 fully saturated rings. The molecule has 0 aromatic carbocycles. The third-order valence-corrected chi connectivity index (χ3v) is 2.31. The zero-order valence-corrected chi connectivity index (χ0v) is 9.21. The summed E-state index contributed by atoms with van der Waals surface area (Å²) in [6, 6.07) is 3.33. The third kappa shape index (κ3) is 2.60. The molecule has 0 atom stereocenters. The molecular formula is C11H11N3O3. The van der Waals surface area contributed by atoms with Crippen molar-refractivity contribution in [3.8, 4) is 0 Å². The summed E-state index contributed by atoms with van der Waals surface area (Å²) < 4.78 is 4.93. The molecule has 0 amide bonds. The van der Waals surface area contributed by atoms with E-state index in [-0.39, 0.29) is 5.69 Å². The molecule has 1 N–H and O–H groups in total. The lowest BCUT2D eigenvalue weighted by atomic mass is 10.2. The van der Waals surface area contributed by atoms with Crippen LogP contribution in [0.5, 0.6) is 0 Å². The van der Waals surface area contributed by atoms with Crippen molar-refractivity contribution in [3.63, 3.8) is 0 Å². The van der Waals surface area contributed by atoms with Gasteiger partial charge in [-0.15, -0.1) is 0 Å². The van der Waals surface area contributed by atoms with E-state index in [0.29, 0.717) is 12.4 Å². The number of nitrogens with zero attached hydrogens (tertiary/aromatic N) is 2. The fourth-order valence-electron chi connectivity index (χ4n) is 1.42. The van der Waals surface area contributed by atoms with E-state index in [1.807, 2.05) is 6.07 Å². The van der Waals surface area contributed by atoms with Gasteiger partial charge in [-0.25, -0.2) is 4.98 Å². The Morgan fingerprint density at radius 3 is 3.00 bits per heavy atom. The number of hydrogen-bond acceptors (Lipinski definition) is 5. The van der Waals surface area contributed by atoms with Gasteiger partial charge in [-0.3, -0.25) is 10.1 Å². The van der Waals surface area contributed by atoms with Crippen LogP contribution in [-0.4, -0.2) is 9.91 Å². The average molecular weight is 233 g/mol. The lowest BCUT2D eigenvalue weighted by molar-refractivity contribution is -0.385. The Balaban J connectivity index is 2.09. The van der Waals surface area contributed by atoms with E-state index in [0.717, 1.165) is 11.1 Å². The number of anilines is 1. The molecule has 0 unspecified atom stereocenters. The van der Waals surface area contributed by atoms with Crippen LogP contribution in [0.2, 0.25) is 0 Å². The maximum Gasteiger partial charge on any atom is 0.287 e. The van der Waals surface area contributed by atoms with Crippen LogP contribution in [0, 0.1) is 17.0 Å². The van der Waals surface area contributed by atoms with Crippen molar-refractivity contribution in [2.24, 2.45) is 0 Å². The largest absolute Gasteiger partial charge is 0.472 e. The normalized spacial score (nSPS) is 10.2. The molecule has 17 heavy (non-hydrogen) atoms. The summed E-state index contributed by atoms with van der Waals surface area (Å²) in [5.41, 5.74) is 1.73. The SMILES string of the molecule is Cc1cc([N+](=O)[O-])cnc1NCc1ccoc1. The first-order valence-corrected chi connectivity index (χ1v) is 5.03. The van der Waals surface area contributed by atoms with Crippen LogP contribution in [0.1, 0.15) is 11.1 Å². The predicted octanol–water partition coefficient (Wildman–Crippen LogP) is 2.50. The van der Waals surface area contributed by atoms with Gasteiger partial charge in [0.2, 0.25) is 0 Å². The molecule has 0 bridgehead atoms. The third-order valence-electron chi connectivity index (χ3n) is 2.31. The zero-order chi connectivity index (χ0) is 12.3. The molecule has 2 aromatic rings. The highest BCUT2D eigenvalue weighted by Crippen LogP contribution is 2.18. The van der Waals surface area contributed by atoms with E-state index in [9.17, 15) is 10.1 Å². The quantitative estimate of drug-likeness (QED) is 0.648. The average Bonchev–Trinajstić information content (AvgIpc) is 2.80. The molecule has 0 radical (unpaired) electrons. The van der Waals surface area contributed by atoms with Gasteiger partial charge in [-0.05, 0) is 18.6 Å². The van der Waals surface area contributed by atoms with E-state index in [2.05, 4.69) is 10.3 Å². The second-order valence-electron chi connectivity index (χ2n) is 3.60. The molecule has 0 aliphatic rings. The maximum absolute atomic E-state index is 10.5. The van der Waals surface area contributed by atoms with Gasteiger partial charge in [0, 0.05) is 18.2 Å². The number of aromatic nitrogens is 1. The van der Waals surface area contributed by atoms with Crippen molar-refractivity contribution < 1.29 is 9.34 Å². The number of rotatable bonds is 4. The number of nitro groups is 1. The van der Waals surface area contributed by atoms with Crippen LogP contribution >= 0.6 is 0 Å². The standard InChI is InChI=1S/C11H11N3O3/c1-8-4-10(14(15)16)6-13-11(8)12-5-9-2-3-17-7-9/h2-4,6-7H,5H2,1H3,(H,12,13). The van der Waals surface area contributed by atoms with Crippen LogP contribution in [0.15, 0.2) is 35.3 Å². The minimum atomic E-state index is -0.458. The number of furan rings is 1. The van der Waals surface area contributed by atoms with E-state index in [1.54, 1.807) is 19.5 Å². The summed E-state index contributed by atoms with van der Waals surface area (Å²) in [4.78, 5) is 14.1. The topological polar surface area (TPSA) is 81.2 Å². The Morgan fingerprint density at radius 1 is 1.59 bits per heavy atom. The number of pyridine rings is 1. The highest BCUT2D eigenvalue weighted by molar-refractivity contribution is 5.48. The first-order chi connectivity index (χ1) is 8.16. The van der Waals surface area contributed by atoms with Crippen molar-refractivity contribution in [1.29, 1.82) is 0 Å². The fourth-order valence-corrected chi connectivity index (χ4v) is 1.42.